The van der Waals surface area contributed by atoms with Crippen LogP contribution >= 0.6 is 0 Å². The number of likely N-dealkylation sites (tertiary alicyclic amines) is 1. The summed E-state index contributed by atoms with van der Waals surface area (Å²) in [6.45, 7) is 5.91. The molecular formula is C18H29N3O. The molecule has 4 heteroatoms. The Morgan fingerprint density at radius 3 is 2.64 bits per heavy atom. The summed E-state index contributed by atoms with van der Waals surface area (Å²) in [4.78, 5) is 14.2. The van der Waals surface area contributed by atoms with Crippen LogP contribution in [-0.2, 0) is 17.9 Å². The molecule has 0 saturated carbocycles. The molecule has 2 N–H and O–H groups in total. The Morgan fingerprint density at radius 1 is 1.23 bits per heavy atom. The maximum Gasteiger partial charge on any atom is 0.221 e. The zero-order chi connectivity index (χ0) is 15.8. The van der Waals surface area contributed by atoms with Crippen molar-refractivity contribution in [2.24, 2.45) is 0 Å². The largest absolute Gasteiger partial charge is 0.352 e. The highest BCUT2D eigenvalue weighted by Crippen LogP contribution is 2.19. The number of hydrogen-bond donors (Lipinski definition) is 2. The van der Waals surface area contributed by atoms with Gasteiger partial charge in [-0.2, -0.15) is 0 Å². The van der Waals surface area contributed by atoms with Crippen molar-refractivity contribution >= 4 is 5.91 Å². The Balaban J connectivity index is 1.78. The number of amides is 1. The summed E-state index contributed by atoms with van der Waals surface area (Å²) in [7, 11) is 1.86. The first-order valence-electron chi connectivity index (χ1n) is 8.42. The molecule has 1 aliphatic rings. The Kier molecular flexibility index (Phi) is 6.87. The van der Waals surface area contributed by atoms with Crippen LogP contribution in [0.4, 0.5) is 0 Å². The maximum absolute atomic E-state index is 11.6. The molecule has 1 amide bonds. The first kappa shape index (κ1) is 17.0. The average Bonchev–Trinajstić information content (AvgIpc) is 2.54. The van der Waals surface area contributed by atoms with E-state index in [1.165, 1.54) is 31.4 Å². The van der Waals surface area contributed by atoms with E-state index < -0.39 is 0 Å². The van der Waals surface area contributed by atoms with E-state index in [1.54, 1.807) is 0 Å². The molecule has 0 aliphatic carbocycles. The van der Waals surface area contributed by atoms with E-state index >= 15 is 0 Å². The van der Waals surface area contributed by atoms with Gasteiger partial charge in [0.15, 0.2) is 0 Å². The molecule has 0 bridgehead atoms. The molecule has 1 aromatic rings. The predicted octanol–water partition coefficient (Wildman–Crippen LogP) is 2.29. The Labute approximate surface area is 134 Å². The lowest BCUT2D eigenvalue weighted by atomic mass is 10.0. The normalized spacial score (nSPS) is 19.1. The minimum absolute atomic E-state index is 0.0977. The monoisotopic (exact) mass is 303 g/mol. The average molecular weight is 303 g/mol. The van der Waals surface area contributed by atoms with Gasteiger partial charge in [-0.3, -0.25) is 9.69 Å². The number of nitrogens with one attached hydrogen (secondary N) is 2. The Morgan fingerprint density at radius 2 is 1.95 bits per heavy atom. The number of hydrogen-bond acceptors (Lipinski definition) is 3. The summed E-state index contributed by atoms with van der Waals surface area (Å²) in [6.07, 6.45) is 4.53. The van der Waals surface area contributed by atoms with Crippen LogP contribution in [0.25, 0.3) is 0 Å². The second-order valence-corrected chi connectivity index (χ2v) is 6.26. The molecule has 0 radical (unpaired) electrons. The van der Waals surface area contributed by atoms with E-state index in [2.05, 4.69) is 46.7 Å². The quantitative estimate of drug-likeness (QED) is 0.812. The van der Waals surface area contributed by atoms with Crippen LogP contribution in [0.2, 0.25) is 0 Å². The molecule has 122 valence electrons. The summed E-state index contributed by atoms with van der Waals surface area (Å²) >= 11 is 0. The lowest BCUT2D eigenvalue weighted by molar-refractivity contribution is -0.121. The van der Waals surface area contributed by atoms with Crippen molar-refractivity contribution in [2.45, 2.75) is 51.7 Å². The number of carbonyl (C=O) groups excluding carboxylic acids is 1. The van der Waals surface area contributed by atoms with Crippen LogP contribution in [-0.4, -0.2) is 37.0 Å². The molecule has 22 heavy (non-hydrogen) atoms. The Hall–Kier alpha value is -1.39. The number of piperidine rings is 1. The second kappa shape index (κ2) is 8.91. The molecule has 1 atom stereocenters. The third kappa shape index (κ3) is 5.43. The highest BCUT2D eigenvalue weighted by atomic mass is 16.1. The molecular weight excluding hydrogens is 274 g/mol. The van der Waals surface area contributed by atoms with Crippen LogP contribution in [0.3, 0.4) is 0 Å². The van der Waals surface area contributed by atoms with E-state index in [4.69, 9.17) is 0 Å². The summed E-state index contributed by atoms with van der Waals surface area (Å²) in [5.41, 5.74) is 2.52. The van der Waals surface area contributed by atoms with E-state index in [-0.39, 0.29) is 5.91 Å². The van der Waals surface area contributed by atoms with E-state index in [0.29, 0.717) is 19.0 Å². The maximum atomic E-state index is 11.6. The number of nitrogens with zero attached hydrogens (tertiary/aromatic N) is 1. The van der Waals surface area contributed by atoms with Gasteiger partial charge in [-0.15, -0.1) is 0 Å². The van der Waals surface area contributed by atoms with Gasteiger partial charge < -0.3 is 10.6 Å². The van der Waals surface area contributed by atoms with Crippen LogP contribution in [0.1, 0.15) is 43.7 Å². The summed E-state index contributed by atoms with van der Waals surface area (Å²) in [5, 5.41) is 5.93. The van der Waals surface area contributed by atoms with E-state index in [9.17, 15) is 4.79 Å². The zero-order valence-corrected chi connectivity index (χ0v) is 13.9. The first-order chi connectivity index (χ1) is 10.7. The SMILES string of the molecule is CNCCC(=O)NCc1ccc(CN2CCCCC2C)cc1. The second-order valence-electron chi connectivity index (χ2n) is 6.26. The van der Waals surface area contributed by atoms with Crippen molar-refractivity contribution < 1.29 is 4.79 Å². The summed E-state index contributed by atoms with van der Waals surface area (Å²) in [6, 6.07) is 9.33. The van der Waals surface area contributed by atoms with Crippen molar-refractivity contribution in [1.82, 2.24) is 15.5 Å². The summed E-state index contributed by atoms with van der Waals surface area (Å²) < 4.78 is 0. The van der Waals surface area contributed by atoms with Gasteiger partial charge in [-0.25, -0.2) is 0 Å². The zero-order valence-electron chi connectivity index (χ0n) is 13.9. The van der Waals surface area contributed by atoms with Gasteiger partial charge in [-0.05, 0) is 44.5 Å². The highest BCUT2D eigenvalue weighted by molar-refractivity contribution is 5.76. The third-order valence-electron chi connectivity index (χ3n) is 4.44. The minimum atomic E-state index is 0.0977. The first-order valence-corrected chi connectivity index (χ1v) is 8.42. The molecule has 1 aromatic carbocycles. The third-order valence-corrected chi connectivity index (χ3v) is 4.44. The lowest BCUT2D eigenvalue weighted by Crippen LogP contribution is -2.36. The van der Waals surface area contributed by atoms with Gasteiger partial charge in [0.25, 0.3) is 0 Å². The fourth-order valence-electron chi connectivity index (χ4n) is 2.92. The lowest BCUT2D eigenvalue weighted by Gasteiger charge is -2.33. The van der Waals surface area contributed by atoms with E-state index in [1.807, 2.05) is 7.05 Å². The van der Waals surface area contributed by atoms with Crippen molar-refractivity contribution in [3.8, 4) is 0 Å². The number of carbonyl (C=O) groups is 1. The minimum Gasteiger partial charge on any atom is -0.352 e. The molecule has 1 aliphatic heterocycles. The van der Waals surface area contributed by atoms with Gasteiger partial charge in [0.1, 0.15) is 0 Å². The molecule has 1 saturated heterocycles. The van der Waals surface area contributed by atoms with Crippen molar-refractivity contribution in [1.29, 1.82) is 0 Å². The number of benzene rings is 1. The van der Waals surface area contributed by atoms with Gasteiger partial charge in [0.05, 0.1) is 0 Å². The fourth-order valence-corrected chi connectivity index (χ4v) is 2.92. The van der Waals surface area contributed by atoms with Gasteiger partial charge in [0, 0.05) is 32.1 Å². The van der Waals surface area contributed by atoms with Crippen molar-refractivity contribution in [2.75, 3.05) is 20.1 Å². The summed E-state index contributed by atoms with van der Waals surface area (Å²) in [5.74, 6) is 0.0977. The van der Waals surface area contributed by atoms with Crippen LogP contribution in [0.15, 0.2) is 24.3 Å². The van der Waals surface area contributed by atoms with E-state index in [0.717, 1.165) is 18.7 Å². The van der Waals surface area contributed by atoms with Crippen LogP contribution < -0.4 is 10.6 Å². The Bertz CT molecular complexity index is 458. The van der Waals surface area contributed by atoms with Crippen molar-refractivity contribution in [3.63, 3.8) is 0 Å². The van der Waals surface area contributed by atoms with Gasteiger partial charge in [-0.1, -0.05) is 30.7 Å². The fraction of sp³-hybridized carbons (Fsp3) is 0.611. The standard InChI is InChI=1S/C18H29N3O/c1-15-5-3-4-12-21(15)14-17-8-6-16(7-9-17)13-20-18(22)10-11-19-2/h6-9,15,19H,3-5,10-14H2,1-2H3,(H,20,22). The molecule has 1 fully saturated rings. The molecule has 2 rings (SSSR count). The molecule has 1 unspecified atom stereocenters. The predicted molar refractivity (Wildman–Crippen MR) is 90.6 cm³/mol. The molecule has 1 heterocycles. The topological polar surface area (TPSA) is 44.4 Å². The van der Waals surface area contributed by atoms with Gasteiger partial charge >= 0.3 is 0 Å². The molecule has 0 aromatic heterocycles. The van der Waals surface area contributed by atoms with Crippen molar-refractivity contribution in [3.05, 3.63) is 35.4 Å². The smallest absolute Gasteiger partial charge is 0.221 e. The highest BCUT2D eigenvalue weighted by Gasteiger charge is 2.17. The van der Waals surface area contributed by atoms with Crippen LogP contribution in [0.5, 0.6) is 0 Å². The molecule has 0 spiro atoms. The number of rotatable bonds is 7. The molecule has 4 nitrogen and oxygen atoms in total. The van der Waals surface area contributed by atoms with Crippen LogP contribution in [0, 0.1) is 0 Å². The van der Waals surface area contributed by atoms with Gasteiger partial charge in [0.2, 0.25) is 5.91 Å².